The summed E-state index contributed by atoms with van der Waals surface area (Å²) in [7, 11) is 0. The molecule has 3 nitrogen and oxygen atoms in total. The molecule has 1 aliphatic heterocycles. The van der Waals surface area contributed by atoms with Crippen molar-refractivity contribution in [1.29, 1.82) is 0 Å². The SMILES string of the molecule is NC1(c2cccnc2)CC2(CCOCC2)C1. The Bertz CT molecular complexity index is 363. The monoisotopic (exact) mass is 218 g/mol. The minimum atomic E-state index is -0.133. The third-order valence-electron chi connectivity index (χ3n) is 4.17. The zero-order valence-electron chi connectivity index (χ0n) is 9.48. The lowest BCUT2D eigenvalue weighted by Crippen LogP contribution is -2.57. The van der Waals surface area contributed by atoms with Crippen LogP contribution in [0.4, 0.5) is 0 Å². The minimum Gasteiger partial charge on any atom is -0.381 e. The maximum absolute atomic E-state index is 6.45. The second-order valence-corrected chi connectivity index (χ2v) is 5.36. The molecule has 1 aromatic rings. The van der Waals surface area contributed by atoms with Gasteiger partial charge in [0, 0.05) is 31.1 Å². The molecule has 1 saturated heterocycles. The average Bonchev–Trinajstić information content (AvgIpc) is 2.30. The summed E-state index contributed by atoms with van der Waals surface area (Å²) >= 11 is 0. The molecule has 16 heavy (non-hydrogen) atoms. The van der Waals surface area contributed by atoms with E-state index in [2.05, 4.69) is 11.1 Å². The molecule has 0 amide bonds. The van der Waals surface area contributed by atoms with Crippen LogP contribution < -0.4 is 5.73 Å². The molecule has 86 valence electrons. The fourth-order valence-electron chi connectivity index (χ4n) is 3.31. The quantitative estimate of drug-likeness (QED) is 0.782. The van der Waals surface area contributed by atoms with Crippen LogP contribution in [0.3, 0.4) is 0 Å². The standard InChI is InChI=1S/C13H18N2O/c14-13(11-2-1-5-15-8-11)9-12(10-13)3-6-16-7-4-12/h1-2,5,8H,3-4,6-7,9-10,14H2. The van der Waals surface area contributed by atoms with Crippen molar-refractivity contribution in [1.82, 2.24) is 4.98 Å². The van der Waals surface area contributed by atoms with Crippen LogP contribution in [0.2, 0.25) is 0 Å². The molecule has 2 aliphatic rings. The van der Waals surface area contributed by atoms with E-state index in [0.717, 1.165) is 26.1 Å². The van der Waals surface area contributed by atoms with Gasteiger partial charge in [-0.05, 0) is 42.7 Å². The number of nitrogens with two attached hydrogens (primary N) is 1. The van der Waals surface area contributed by atoms with Gasteiger partial charge in [0.05, 0.1) is 0 Å². The van der Waals surface area contributed by atoms with Crippen LogP contribution in [0, 0.1) is 5.41 Å². The third kappa shape index (κ3) is 1.55. The van der Waals surface area contributed by atoms with E-state index in [1.807, 2.05) is 12.3 Å². The Balaban J connectivity index is 1.75. The summed E-state index contributed by atoms with van der Waals surface area (Å²) in [6.07, 6.45) is 8.24. The normalized spacial score (nSPS) is 26.3. The summed E-state index contributed by atoms with van der Waals surface area (Å²) in [6, 6.07) is 4.07. The first-order chi connectivity index (χ1) is 7.73. The topological polar surface area (TPSA) is 48.1 Å². The number of pyridine rings is 1. The molecular weight excluding hydrogens is 200 g/mol. The van der Waals surface area contributed by atoms with Gasteiger partial charge in [-0.2, -0.15) is 0 Å². The summed E-state index contributed by atoms with van der Waals surface area (Å²) in [5.74, 6) is 0. The van der Waals surface area contributed by atoms with Crippen molar-refractivity contribution < 1.29 is 4.74 Å². The van der Waals surface area contributed by atoms with E-state index < -0.39 is 0 Å². The molecular formula is C13H18N2O. The average molecular weight is 218 g/mol. The number of rotatable bonds is 1. The second kappa shape index (κ2) is 3.54. The lowest BCUT2D eigenvalue weighted by atomic mass is 9.53. The third-order valence-corrected chi connectivity index (χ3v) is 4.17. The van der Waals surface area contributed by atoms with E-state index in [0.29, 0.717) is 5.41 Å². The van der Waals surface area contributed by atoms with Gasteiger partial charge >= 0.3 is 0 Å². The molecule has 2 fully saturated rings. The summed E-state index contributed by atoms with van der Waals surface area (Å²) in [5, 5.41) is 0. The van der Waals surface area contributed by atoms with E-state index in [9.17, 15) is 0 Å². The van der Waals surface area contributed by atoms with Crippen LogP contribution >= 0.6 is 0 Å². The number of nitrogens with zero attached hydrogens (tertiary/aromatic N) is 1. The Morgan fingerprint density at radius 1 is 1.25 bits per heavy atom. The Hall–Kier alpha value is -0.930. The van der Waals surface area contributed by atoms with Gasteiger partial charge in [0.15, 0.2) is 0 Å². The highest BCUT2D eigenvalue weighted by atomic mass is 16.5. The predicted octanol–water partition coefficient (Wildman–Crippen LogP) is 1.83. The minimum absolute atomic E-state index is 0.133. The van der Waals surface area contributed by atoms with Gasteiger partial charge in [0.25, 0.3) is 0 Å². The zero-order valence-corrected chi connectivity index (χ0v) is 9.48. The zero-order chi connectivity index (χ0) is 11.1. The summed E-state index contributed by atoms with van der Waals surface area (Å²) in [4.78, 5) is 4.16. The Morgan fingerprint density at radius 2 is 2.00 bits per heavy atom. The van der Waals surface area contributed by atoms with Crippen LogP contribution in [0.25, 0.3) is 0 Å². The number of aromatic nitrogens is 1. The van der Waals surface area contributed by atoms with Crippen LogP contribution in [0.1, 0.15) is 31.2 Å². The largest absolute Gasteiger partial charge is 0.381 e. The Morgan fingerprint density at radius 3 is 2.62 bits per heavy atom. The van der Waals surface area contributed by atoms with Gasteiger partial charge in [0.2, 0.25) is 0 Å². The Kier molecular flexibility index (Phi) is 2.26. The fourth-order valence-corrected chi connectivity index (χ4v) is 3.31. The van der Waals surface area contributed by atoms with Gasteiger partial charge in [-0.1, -0.05) is 6.07 Å². The highest BCUT2D eigenvalue weighted by molar-refractivity contribution is 5.26. The second-order valence-electron chi connectivity index (χ2n) is 5.36. The summed E-state index contributed by atoms with van der Waals surface area (Å²) in [5.41, 5.74) is 7.96. The van der Waals surface area contributed by atoms with Crippen LogP contribution in [-0.4, -0.2) is 18.2 Å². The fraction of sp³-hybridized carbons (Fsp3) is 0.615. The molecule has 1 saturated carbocycles. The van der Waals surface area contributed by atoms with Crippen molar-refractivity contribution in [3.8, 4) is 0 Å². The summed E-state index contributed by atoms with van der Waals surface area (Å²) < 4.78 is 5.42. The van der Waals surface area contributed by atoms with Crippen LogP contribution in [-0.2, 0) is 10.3 Å². The van der Waals surface area contributed by atoms with Gasteiger partial charge in [-0.15, -0.1) is 0 Å². The van der Waals surface area contributed by atoms with E-state index in [1.165, 1.54) is 18.4 Å². The Labute approximate surface area is 96.0 Å². The molecule has 2 N–H and O–H groups in total. The van der Waals surface area contributed by atoms with Gasteiger partial charge in [-0.25, -0.2) is 0 Å². The maximum atomic E-state index is 6.45. The molecule has 0 unspecified atom stereocenters. The van der Waals surface area contributed by atoms with Crippen LogP contribution in [0.5, 0.6) is 0 Å². The van der Waals surface area contributed by atoms with Crippen molar-refractivity contribution in [2.45, 2.75) is 31.2 Å². The van der Waals surface area contributed by atoms with Gasteiger partial charge in [-0.3, -0.25) is 4.98 Å². The number of hydrogen-bond donors (Lipinski definition) is 1. The lowest BCUT2D eigenvalue weighted by Gasteiger charge is -2.56. The van der Waals surface area contributed by atoms with E-state index >= 15 is 0 Å². The highest BCUT2D eigenvalue weighted by Crippen LogP contribution is 2.57. The first-order valence-electron chi connectivity index (χ1n) is 6.00. The van der Waals surface area contributed by atoms with Gasteiger partial charge < -0.3 is 10.5 Å². The molecule has 3 heteroatoms. The van der Waals surface area contributed by atoms with Crippen LogP contribution in [0.15, 0.2) is 24.5 Å². The van der Waals surface area contributed by atoms with Crippen molar-refractivity contribution in [2.24, 2.45) is 11.1 Å². The van der Waals surface area contributed by atoms with Crippen molar-refractivity contribution >= 4 is 0 Å². The molecule has 0 atom stereocenters. The first kappa shape index (κ1) is 10.2. The van der Waals surface area contributed by atoms with Crippen molar-refractivity contribution in [3.05, 3.63) is 30.1 Å². The van der Waals surface area contributed by atoms with E-state index in [4.69, 9.17) is 10.5 Å². The molecule has 3 rings (SSSR count). The molecule has 1 aromatic heterocycles. The van der Waals surface area contributed by atoms with E-state index in [1.54, 1.807) is 6.20 Å². The van der Waals surface area contributed by atoms with Crippen molar-refractivity contribution in [3.63, 3.8) is 0 Å². The molecule has 0 bridgehead atoms. The molecule has 0 aromatic carbocycles. The maximum Gasteiger partial charge on any atom is 0.0471 e. The summed E-state index contributed by atoms with van der Waals surface area (Å²) in [6.45, 7) is 1.81. The van der Waals surface area contributed by atoms with Gasteiger partial charge in [0.1, 0.15) is 0 Å². The number of hydrogen-bond acceptors (Lipinski definition) is 3. The molecule has 1 aliphatic carbocycles. The predicted molar refractivity (Wildman–Crippen MR) is 61.8 cm³/mol. The first-order valence-corrected chi connectivity index (χ1v) is 6.00. The molecule has 0 radical (unpaired) electrons. The number of ether oxygens (including phenoxy) is 1. The smallest absolute Gasteiger partial charge is 0.0471 e. The highest BCUT2D eigenvalue weighted by Gasteiger charge is 2.53. The lowest BCUT2D eigenvalue weighted by molar-refractivity contribution is -0.0726. The molecule has 1 spiro atoms. The van der Waals surface area contributed by atoms with E-state index in [-0.39, 0.29) is 5.54 Å². The van der Waals surface area contributed by atoms with Crippen molar-refractivity contribution in [2.75, 3.05) is 13.2 Å². The molecule has 2 heterocycles.